The molecule has 0 aromatic heterocycles. The van der Waals surface area contributed by atoms with Gasteiger partial charge in [-0.1, -0.05) is 0 Å². The molecule has 2 aromatic rings. The average molecular weight is 485 g/mol. The summed E-state index contributed by atoms with van der Waals surface area (Å²) in [5.74, 6) is 1.68. The van der Waals surface area contributed by atoms with Gasteiger partial charge in [0, 0.05) is 24.3 Å². The van der Waals surface area contributed by atoms with Gasteiger partial charge in [-0.25, -0.2) is 0 Å². The molecule has 27 heavy (non-hydrogen) atoms. The first-order valence-electron chi connectivity index (χ1n) is 8.05. The number of carbonyl (C=O) groups excluding carboxylic acids is 2. The van der Waals surface area contributed by atoms with Crippen molar-refractivity contribution in [2.75, 3.05) is 28.4 Å². The molecule has 2 aromatic carbocycles. The molecule has 6 nitrogen and oxygen atoms in total. The summed E-state index contributed by atoms with van der Waals surface area (Å²) in [5.41, 5.74) is 0.852. The van der Waals surface area contributed by atoms with Crippen LogP contribution in [0.25, 0.3) is 0 Å². The van der Waals surface area contributed by atoms with Crippen molar-refractivity contribution in [2.24, 2.45) is 0 Å². The summed E-state index contributed by atoms with van der Waals surface area (Å²) in [6, 6.07) is 7.41. The van der Waals surface area contributed by atoms with Crippen LogP contribution in [0.1, 0.15) is 34.6 Å². The SMILES string of the molecule is COc1cc([I+]c2cc(OC)c(C(C)=O)c(OC)c2)cc(OC)c1C(C)=O. The first kappa shape index (κ1) is 21.0. The van der Waals surface area contributed by atoms with Crippen molar-refractivity contribution in [2.45, 2.75) is 13.8 Å². The number of ether oxygens (including phenoxy) is 4. The maximum atomic E-state index is 11.9. The molecule has 0 spiro atoms. The van der Waals surface area contributed by atoms with E-state index in [1.54, 1.807) is 0 Å². The van der Waals surface area contributed by atoms with Crippen LogP contribution in [0.2, 0.25) is 0 Å². The molecule has 144 valence electrons. The molecule has 0 N–H and O–H groups in total. The summed E-state index contributed by atoms with van der Waals surface area (Å²) in [5, 5.41) is 0. The van der Waals surface area contributed by atoms with Gasteiger partial charge in [0.05, 0.1) is 28.4 Å². The Labute approximate surface area is 169 Å². The summed E-state index contributed by atoms with van der Waals surface area (Å²) in [4.78, 5) is 23.9. The summed E-state index contributed by atoms with van der Waals surface area (Å²) in [6.45, 7) is 2.95. The van der Waals surface area contributed by atoms with Crippen molar-refractivity contribution >= 4 is 11.6 Å². The topological polar surface area (TPSA) is 71.1 Å². The van der Waals surface area contributed by atoms with Gasteiger partial charge < -0.3 is 18.9 Å². The third-order valence-corrected chi connectivity index (χ3v) is 6.35. The Hall–Kier alpha value is -2.29. The van der Waals surface area contributed by atoms with E-state index < -0.39 is 21.2 Å². The summed E-state index contributed by atoms with van der Waals surface area (Å²) in [7, 11) is 6.10. The molecule has 0 aliphatic rings. The fraction of sp³-hybridized carbons (Fsp3) is 0.300. The van der Waals surface area contributed by atoms with Crippen LogP contribution in [0.4, 0.5) is 0 Å². The van der Waals surface area contributed by atoms with Crippen LogP contribution < -0.4 is 40.2 Å². The van der Waals surface area contributed by atoms with Gasteiger partial charge >= 0.3 is 21.2 Å². The molecule has 2 rings (SSSR count). The van der Waals surface area contributed by atoms with E-state index in [-0.39, 0.29) is 11.6 Å². The minimum absolute atomic E-state index is 0.123. The number of ketones is 2. The number of methoxy groups -OCH3 is 4. The fourth-order valence-corrected chi connectivity index (χ4v) is 5.16. The summed E-state index contributed by atoms with van der Waals surface area (Å²) >= 11 is -0.671. The van der Waals surface area contributed by atoms with Gasteiger partial charge in [0.15, 0.2) is 11.6 Å². The zero-order valence-corrected chi connectivity index (χ0v) is 18.3. The van der Waals surface area contributed by atoms with Gasteiger partial charge in [-0.05, 0) is 13.8 Å². The molecule has 0 heterocycles. The molecular formula is C20H22IO6+. The highest BCUT2D eigenvalue weighted by molar-refractivity contribution is 6.00. The van der Waals surface area contributed by atoms with E-state index in [1.165, 1.54) is 42.3 Å². The minimum Gasteiger partial charge on any atom is -0.496 e. The maximum Gasteiger partial charge on any atom is 0.358 e. The van der Waals surface area contributed by atoms with Gasteiger partial charge in [0.25, 0.3) is 0 Å². The molecule has 7 heteroatoms. The van der Waals surface area contributed by atoms with Gasteiger partial charge in [-0.3, -0.25) is 9.59 Å². The van der Waals surface area contributed by atoms with E-state index in [9.17, 15) is 9.59 Å². The predicted octanol–water partition coefficient (Wildman–Crippen LogP) is 0.255. The molecule has 0 unspecified atom stereocenters. The Morgan fingerprint density at radius 3 is 1.07 bits per heavy atom. The number of carbonyl (C=O) groups is 2. The van der Waals surface area contributed by atoms with Crippen LogP contribution in [-0.4, -0.2) is 40.0 Å². The van der Waals surface area contributed by atoms with E-state index >= 15 is 0 Å². The second-order valence-electron chi connectivity index (χ2n) is 5.58. The Bertz CT molecular complexity index is 753. The van der Waals surface area contributed by atoms with Crippen LogP contribution in [0.15, 0.2) is 24.3 Å². The molecule has 0 radical (unpaired) electrons. The Kier molecular flexibility index (Phi) is 7.06. The minimum atomic E-state index is -0.671. The van der Waals surface area contributed by atoms with Gasteiger partial charge in [0.2, 0.25) is 7.14 Å². The van der Waals surface area contributed by atoms with Crippen molar-refractivity contribution in [3.63, 3.8) is 0 Å². The summed E-state index contributed by atoms with van der Waals surface area (Å²) < 4.78 is 23.5. The van der Waals surface area contributed by atoms with Crippen LogP contribution in [0, 0.1) is 7.14 Å². The molecule has 0 amide bonds. The predicted molar refractivity (Wildman–Crippen MR) is 96.5 cm³/mol. The van der Waals surface area contributed by atoms with Crippen LogP contribution in [0.3, 0.4) is 0 Å². The Morgan fingerprint density at radius 1 is 0.630 bits per heavy atom. The van der Waals surface area contributed by atoms with Gasteiger partial charge in [-0.15, -0.1) is 0 Å². The van der Waals surface area contributed by atoms with E-state index in [0.29, 0.717) is 34.1 Å². The normalized spacial score (nSPS) is 10.3. The number of hydrogen-bond donors (Lipinski definition) is 0. The van der Waals surface area contributed by atoms with Crippen molar-refractivity contribution in [1.82, 2.24) is 0 Å². The number of Topliss-reactive ketones (excluding diaryl/α,β-unsaturated/α-hetero) is 2. The number of benzene rings is 2. The molecule has 0 fully saturated rings. The van der Waals surface area contributed by atoms with E-state index in [1.807, 2.05) is 24.3 Å². The molecule has 0 saturated carbocycles. The molecule has 0 aliphatic carbocycles. The van der Waals surface area contributed by atoms with E-state index in [0.717, 1.165) is 7.14 Å². The zero-order chi connectivity index (χ0) is 20.1. The molecule has 0 atom stereocenters. The number of hydrogen-bond acceptors (Lipinski definition) is 6. The van der Waals surface area contributed by atoms with E-state index in [2.05, 4.69) is 0 Å². The van der Waals surface area contributed by atoms with Crippen LogP contribution in [-0.2, 0) is 0 Å². The monoisotopic (exact) mass is 485 g/mol. The number of rotatable bonds is 8. The molecular weight excluding hydrogens is 463 g/mol. The second-order valence-corrected chi connectivity index (χ2v) is 8.61. The highest BCUT2D eigenvalue weighted by Gasteiger charge is 2.27. The quantitative estimate of drug-likeness (QED) is 0.395. The van der Waals surface area contributed by atoms with E-state index in [4.69, 9.17) is 18.9 Å². The first-order chi connectivity index (χ1) is 12.9. The lowest BCUT2D eigenvalue weighted by Crippen LogP contribution is -3.61. The third-order valence-electron chi connectivity index (χ3n) is 3.86. The average Bonchev–Trinajstić information content (AvgIpc) is 2.65. The molecule has 0 aliphatic heterocycles. The molecule has 0 saturated heterocycles. The van der Waals surface area contributed by atoms with Crippen molar-refractivity contribution in [3.8, 4) is 23.0 Å². The van der Waals surface area contributed by atoms with Gasteiger partial charge in [0.1, 0.15) is 34.1 Å². The maximum absolute atomic E-state index is 11.9. The fourth-order valence-electron chi connectivity index (χ4n) is 2.69. The van der Waals surface area contributed by atoms with Crippen molar-refractivity contribution in [3.05, 3.63) is 42.5 Å². The van der Waals surface area contributed by atoms with Gasteiger partial charge in [-0.2, -0.15) is 0 Å². The standard InChI is InChI=1S/C20H22IO6/c1-11(22)19-15(24-3)7-13(8-16(19)25-4)21-14-9-17(26-5)20(12(2)23)18(10-14)27-6/h7-10H,1-6H3/q+1. The summed E-state index contributed by atoms with van der Waals surface area (Å²) in [6.07, 6.45) is 0. The highest BCUT2D eigenvalue weighted by atomic mass is 127. The smallest absolute Gasteiger partial charge is 0.358 e. The molecule has 0 bridgehead atoms. The number of halogens is 1. The largest absolute Gasteiger partial charge is 0.496 e. The van der Waals surface area contributed by atoms with Crippen LogP contribution >= 0.6 is 0 Å². The van der Waals surface area contributed by atoms with Crippen molar-refractivity contribution in [1.29, 1.82) is 0 Å². The Morgan fingerprint density at radius 2 is 0.889 bits per heavy atom. The third kappa shape index (κ3) is 4.52. The Balaban J connectivity index is 2.54. The highest BCUT2D eigenvalue weighted by Crippen LogP contribution is 2.30. The first-order valence-corrected chi connectivity index (χ1v) is 10.2. The lowest BCUT2D eigenvalue weighted by molar-refractivity contribution is -0.597. The van der Waals surface area contributed by atoms with Crippen molar-refractivity contribution < 1.29 is 49.7 Å². The lowest BCUT2D eigenvalue weighted by Gasteiger charge is -2.11. The van der Waals surface area contributed by atoms with Crippen LogP contribution in [0.5, 0.6) is 23.0 Å². The second kappa shape index (κ2) is 9.07. The lowest BCUT2D eigenvalue weighted by atomic mass is 10.1. The zero-order valence-electron chi connectivity index (χ0n) is 16.1.